The Bertz CT molecular complexity index is 991. The third-order valence-electron chi connectivity index (χ3n) is 4.79. The molecule has 8 heteroatoms. The van der Waals surface area contributed by atoms with Crippen LogP contribution in [-0.2, 0) is 4.79 Å². The Hall–Kier alpha value is -3.42. The summed E-state index contributed by atoms with van der Waals surface area (Å²) in [4.78, 5) is 27.0. The van der Waals surface area contributed by atoms with Crippen LogP contribution in [0.3, 0.4) is 0 Å². The molecule has 152 valence electrons. The fraction of sp³-hybridized carbons (Fsp3) is 0.238. The molecule has 0 fully saturated rings. The quantitative estimate of drug-likeness (QED) is 0.796. The van der Waals surface area contributed by atoms with E-state index in [1.165, 1.54) is 18.1 Å². The molecule has 2 N–H and O–H groups in total. The van der Waals surface area contributed by atoms with Crippen molar-refractivity contribution in [2.24, 2.45) is 0 Å². The van der Waals surface area contributed by atoms with Crippen LogP contribution in [0.15, 0.2) is 53.7 Å². The van der Waals surface area contributed by atoms with Crippen LogP contribution in [0.25, 0.3) is 0 Å². The zero-order valence-corrected chi connectivity index (χ0v) is 16.3. The van der Waals surface area contributed by atoms with Crippen LogP contribution in [0.5, 0.6) is 5.75 Å². The van der Waals surface area contributed by atoms with Gasteiger partial charge in [-0.2, -0.15) is 0 Å². The molecule has 0 aliphatic carbocycles. The number of ether oxygens (including phenoxy) is 1. The molecule has 3 rings (SSSR count). The second-order valence-electron chi connectivity index (χ2n) is 6.45. The summed E-state index contributed by atoms with van der Waals surface area (Å²) in [7, 11) is 1.49. The highest BCUT2D eigenvalue weighted by Gasteiger charge is 2.35. The molecule has 0 spiro atoms. The summed E-state index contributed by atoms with van der Waals surface area (Å²) in [5.41, 5.74) is 1.36. The molecule has 3 amide bonds. The largest absolute Gasteiger partial charge is 0.495 e. The summed E-state index contributed by atoms with van der Waals surface area (Å²) in [6.45, 7) is 3.76. The van der Waals surface area contributed by atoms with E-state index in [2.05, 4.69) is 10.6 Å². The zero-order valence-electron chi connectivity index (χ0n) is 16.3. The highest BCUT2D eigenvalue weighted by molar-refractivity contribution is 6.07. The molecule has 1 atom stereocenters. The average Bonchev–Trinajstić information content (AvgIpc) is 2.70. The van der Waals surface area contributed by atoms with Crippen molar-refractivity contribution in [2.75, 3.05) is 19.0 Å². The van der Waals surface area contributed by atoms with Crippen LogP contribution >= 0.6 is 0 Å². The number of halogens is 2. The van der Waals surface area contributed by atoms with Gasteiger partial charge < -0.3 is 15.4 Å². The maximum absolute atomic E-state index is 13.8. The number of urea groups is 1. The number of methoxy groups -OCH3 is 1. The van der Waals surface area contributed by atoms with Crippen molar-refractivity contribution in [3.05, 3.63) is 70.9 Å². The van der Waals surface area contributed by atoms with Crippen LogP contribution in [0.1, 0.15) is 25.5 Å². The molecule has 1 aliphatic rings. The number of anilines is 1. The minimum absolute atomic E-state index is 0.225. The number of allylic oxidation sites excluding steroid dienone is 1. The Morgan fingerprint density at radius 3 is 2.59 bits per heavy atom. The Balaban J connectivity index is 2.05. The summed E-state index contributed by atoms with van der Waals surface area (Å²) in [5.74, 6) is -2.08. The van der Waals surface area contributed by atoms with Crippen molar-refractivity contribution < 1.29 is 23.1 Å². The SMILES string of the molecule is CCN1C(=O)N[C@@H](c2ccc(F)c(F)c2)C(C(=O)Nc2ccccc2OC)=C1C. The molecule has 0 radical (unpaired) electrons. The van der Waals surface area contributed by atoms with Gasteiger partial charge in [-0.15, -0.1) is 0 Å². The average molecular weight is 401 g/mol. The molecule has 2 aromatic carbocycles. The van der Waals surface area contributed by atoms with Gasteiger partial charge in [0.1, 0.15) is 5.75 Å². The Kier molecular flexibility index (Phi) is 5.81. The predicted octanol–water partition coefficient (Wildman–Crippen LogP) is 3.97. The monoisotopic (exact) mass is 401 g/mol. The second-order valence-corrected chi connectivity index (χ2v) is 6.45. The molecular weight excluding hydrogens is 380 g/mol. The molecular formula is C21H21F2N3O3. The summed E-state index contributed by atoms with van der Waals surface area (Å²) >= 11 is 0. The van der Waals surface area contributed by atoms with E-state index in [1.807, 2.05) is 0 Å². The number of hydrogen-bond acceptors (Lipinski definition) is 3. The van der Waals surface area contributed by atoms with Crippen molar-refractivity contribution in [1.82, 2.24) is 10.2 Å². The smallest absolute Gasteiger partial charge is 0.322 e. The van der Waals surface area contributed by atoms with Crippen molar-refractivity contribution in [2.45, 2.75) is 19.9 Å². The summed E-state index contributed by atoms with van der Waals surface area (Å²) in [5, 5.41) is 5.48. The van der Waals surface area contributed by atoms with E-state index in [9.17, 15) is 18.4 Å². The lowest BCUT2D eigenvalue weighted by Crippen LogP contribution is -2.48. The standard InChI is InChI=1S/C21H21F2N3O3/c1-4-26-12(2)18(20(27)24-16-7-5-6-8-17(16)29-3)19(25-21(26)28)13-9-10-14(22)15(23)11-13/h5-11,19H,4H2,1-3H3,(H,24,27)(H,25,28)/t19-/m0/s1. The minimum atomic E-state index is -1.06. The van der Waals surface area contributed by atoms with Crippen LogP contribution < -0.4 is 15.4 Å². The molecule has 0 unspecified atom stereocenters. The van der Waals surface area contributed by atoms with E-state index in [1.54, 1.807) is 38.1 Å². The van der Waals surface area contributed by atoms with E-state index < -0.39 is 29.6 Å². The number of amides is 3. The topological polar surface area (TPSA) is 70.7 Å². The van der Waals surface area contributed by atoms with E-state index in [0.29, 0.717) is 23.7 Å². The van der Waals surface area contributed by atoms with Crippen molar-refractivity contribution >= 4 is 17.6 Å². The van der Waals surface area contributed by atoms with Crippen molar-refractivity contribution in [3.63, 3.8) is 0 Å². The number of para-hydroxylation sites is 2. The Morgan fingerprint density at radius 2 is 1.93 bits per heavy atom. The number of nitrogens with one attached hydrogen (secondary N) is 2. The van der Waals surface area contributed by atoms with Crippen LogP contribution in [0, 0.1) is 11.6 Å². The van der Waals surface area contributed by atoms with Crippen molar-refractivity contribution in [3.8, 4) is 5.75 Å². The summed E-state index contributed by atoms with van der Waals surface area (Å²) in [6, 6.07) is 8.82. The number of carbonyl (C=O) groups excluding carboxylic acids is 2. The van der Waals surface area contributed by atoms with E-state index >= 15 is 0 Å². The van der Waals surface area contributed by atoms with Gasteiger partial charge in [-0.05, 0) is 43.7 Å². The van der Waals surface area contributed by atoms with Gasteiger partial charge >= 0.3 is 6.03 Å². The van der Waals surface area contributed by atoms with Gasteiger partial charge in [0.25, 0.3) is 5.91 Å². The second kappa shape index (κ2) is 8.30. The van der Waals surface area contributed by atoms with Crippen LogP contribution in [-0.4, -0.2) is 30.5 Å². The summed E-state index contributed by atoms with van der Waals surface area (Å²) in [6.07, 6.45) is 0. The van der Waals surface area contributed by atoms with Gasteiger partial charge in [0.2, 0.25) is 0 Å². The molecule has 6 nitrogen and oxygen atoms in total. The maximum Gasteiger partial charge on any atom is 0.322 e. The van der Waals surface area contributed by atoms with E-state index in [0.717, 1.165) is 12.1 Å². The molecule has 0 saturated carbocycles. The predicted molar refractivity (Wildman–Crippen MR) is 104 cm³/mol. The number of carbonyl (C=O) groups is 2. The maximum atomic E-state index is 13.8. The Labute approximate surface area is 167 Å². The summed E-state index contributed by atoms with van der Waals surface area (Å²) < 4.78 is 32.5. The number of rotatable bonds is 5. The molecule has 0 aromatic heterocycles. The minimum Gasteiger partial charge on any atom is -0.495 e. The van der Waals surface area contributed by atoms with Crippen LogP contribution in [0.4, 0.5) is 19.3 Å². The molecule has 1 aliphatic heterocycles. The Morgan fingerprint density at radius 1 is 1.21 bits per heavy atom. The number of nitrogens with zero attached hydrogens (tertiary/aromatic N) is 1. The molecule has 1 heterocycles. The molecule has 2 aromatic rings. The van der Waals surface area contributed by atoms with E-state index in [4.69, 9.17) is 4.74 Å². The first-order valence-corrected chi connectivity index (χ1v) is 9.05. The molecule has 29 heavy (non-hydrogen) atoms. The molecule has 0 saturated heterocycles. The third kappa shape index (κ3) is 3.91. The van der Waals surface area contributed by atoms with Gasteiger partial charge in [-0.3, -0.25) is 9.69 Å². The highest BCUT2D eigenvalue weighted by Crippen LogP contribution is 2.33. The first kappa shape index (κ1) is 20.3. The van der Waals surface area contributed by atoms with E-state index in [-0.39, 0.29) is 11.1 Å². The zero-order chi connectivity index (χ0) is 21.1. The fourth-order valence-electron chi connectivity index (χ4n) is 3.34. The van der Waals surface area contributed by atoms with Gasteiger partial charge in [-0.1, -0.05) is 18.2 Å². The third-order valence-corrected chi connectivity index (χ3v) is 4.79. The highest BCUT2D eigenvalue weighted by atomic mass is 19.2. The number of hydrogen-bond donors (Lipinski definition) is 2. The van der Waals surface area contributed by atoms with Crippen LogP contribution in [0.2, 0.25) is 0 Å². The van der Waals surface area contributed by atoms with Crippen molar-refractivity contribution in [1.29, 1.82) is 0 Å². The van der Waals surface area contributed by atoms with Gasteiger partial charge in [0.05, 0.1) is 24.4 Å². The fourth-order valence-corrected chi connectivity index (χ4v) is 3.34. The normalized spacial score (nSPS) is 16.5. The molecule has 0 bridgehead atoms. The first-order chi connectivity index (χ1) is 13.9. The first-order valence-electron chi connectivity index (χ1n) is 9.05. The van der Waals surface area contributed by atoms with Gasteiger partial charge in [-0.25, -0.2) is 13.6 Å². The van der Waals surface area contributed by atoms with Gasteiger partial charge in [0.15, 0.2) is 11.6 Å². The lowest BCUT2D eigenvalue weighted by molar-refractivity contribution is -0.113. The lowest BCUT2D eigenvalue weighted by Gasteiger charge is -2.35. The lowest BCUT2D eigenvalue weighted by atomic mass is 9.94. The van der Waals surface area contributed by atoms with Gasteiger partial charge in [0, 0.05) is 12.2 Å². The number of benzene rings is 2.